The standard InChI is InChI=1S/C15H19NO/c1-17-14-6-5-12-3-4-13(15(12)11-14)7-10-16-8-2-9-16/h5-7,11H,2-4,8-10H2,1H3/b13-7+. The van der Waals surface area contributed by atoms with Gasteiger partial charge in [0.25, 0.3) is 0 Å². The SMILES string of the molecule is COc1ccc2c(c1)/C(=C/CN1CCC1)CC2. The van der Waals surface area contributed by atoms with Crippen molar-refractivity contribution in [2.45, 2.75) is 19.3 Å². The molecule has 1 heterocycles. The molecule has 0 radical (unpaired) electrons. The van der Waals surface area contributed by atoms with E-state index in [1.807, 2.05) is 0 Å². The lowest BCUT2D eigenvalue weighted by Gasteiger charge is -2.29. The Morgan fingerprint density at radius 1 is 1.29 bits per heavy atom. The second-order valence-electron chi connectivity index (χ2n) is 4.91. The first kappa shape index (κ1) is 10.8. The number of benzene rings is 1. The summed E-state index contributed by atoms with van der Waals surface area (Å²) >= 11 is 0. The van der Waals surface area contributed by atoms with Gasteiger partial charge in [-0.25, -0.2) is 0 Å². The number of likely N-dealkylation sites (tertiary alicyclic amines) is 1. The summed E-state index contributed by atoms with van der Waals surface area (Å²) in [6.45, 7) is 3.66. The summed E-state index contributed by atoms with van der Waals surface area (Å²) in [7, 11) is 1.74. The monoisotopic (exact) mass is 229 g/mol. The molecular formula is C15H19NO. The predicted molar refractivity (Wildman–Crippen MR) is 70.3 cm³/mol. The van der Waals surface area contributed by atoms with Crippen molar-refractivity contribution in [2.24, 2.45) is 0 Å². The van der Waals surface area contributed by atoms with Crippen molar-refractivity contribution in [3.8, 4) is 5.75 Å². The van der Waals surface area contributed by atoms with Crippen LogP contribution in [0.1, 0.15) is 24.0 Å². The van der Waals surface area contributed by atoms with E-state index in [0.717, 1.165) is 12.3 Å². The molecule has 0 atom stereocenters. The Morgan fingerprint density at radius 2 is 2.18 bits per heavy atom. The van der Waals surface area contributed by atoms with E-state index in [2.05, 4.69) is 29.2 Å². The number of ether oxygens (including phenoxy) is 1. The summed E-state index contributed by atoms with van der Waals surface area (Å²) in [4.78, 5) is 2.49. The van der Waals surface area contributed by atoms with Gasteiger partial charge in [0.05, 0.1) is 7.11 Å². The van der Waals surface area contributed by atoms with Gasteiger partial charge in [-0.2, -0.15) is 0 Å². The van der Waals surface area contributed by atoms with Crippen LogP contribution in [0.3, 0.4) is 0 Å². The minimum Gasteiger partial charge on any atom is -0.497 e. The quantitative estimate of drug-likeness (QED) is 0.790. The molecule has 3 rings (SSSR count). The van der Waals surface area contributed by atoms with Crippen molar-refractivity contribution >= 4 is 5.57 Å². The van der Waals surface area contributed by atoms with Crippen LogP contribution in [0.25, 0.3) is 5.57 Å². The number of fused-ring (bicyclic) bond motifs is 1. The third kappa shape index (κ3) is 2.09. The Hall–Kier alpha value is -1.28. The van der Waals surface area contributed by atoms with E-state index >= 15 is 0 Å². The summed E-state index contributed by atoms with van der Waals surface area (Å²) in [6.07, 6.45) is 6.15. The van der Waals surface area contributed by atoms with Gasteiger partial charge >= 0.3 is 0 Å². The normalized spacial score (nSPS) is 21.4. The van der Waals surface area contributed by atoms with Crippen LogP contribution in [0.2, 0.25) is 0 Å². The van der Waals surface area contributed by atoms with Crippen LogP contribution in [-0.4, -0.2) is 31.6 Å². The highest BCUT2D eigenvalue weighted by molar-refractivity contribution is 5.73. The Balaban J connectivity index is 1.80. The molecule has 1 aliphatic heterocycles. The minimum atomic E-state index is 0.973. The van der Waals surface area contributed by atoms with E-state index < -0.39 is 0 Å². The van der Waals surface area contributed by atoms with Crippen LogP contribution in [0, 0.1) is 0 Å². The minimum absolute atomic E-state index is 0.973. The first-order valence-electron chi connectivity index (χ1n) is 6.45. The molecule has 1 aliphatic carbocycles. The first-order chi connectivity index (χ1) is 8.36. The number of allylic oxidation sites excluding steroid dienone is 1. The van der Waals surface area contributed by atoms with E-state index in [-0.39, 0.29) is 0 Å². The fraction of sp³-hybridized carbons (Fsp3) is 0.467. The molecular weight excluding hydrogens is 210 g/mol. The number of methoxy groups -OCH3 is 1. The Labute approximate surface area is 103 Å². The average Bonchev–Trinajstić information content (AvgIpc) is 2.69. The molecule has 0 saturated carbocycles. The molecule has 0 bridgehead atoms. The van der Waals surface area contributed by atoms with Crippen LogP contribution in [0.15, 0.2) is 24.3 Å². The largest absolute Gasteiger partial charge is 0.497 e. The lowest BCUT2D eigenvalue weighted by Crippen LogP contribution is -2.37. The third-order valence-corrected chi connectivity index (χ3v) is 3.87. The lowest BCUT2D eigenvalue weighted by molar-refractivity contribution is 0.203. The molecule has 90 valence electrons. The van der Waals surface area contributed by atoms with E-state index in [4.69, 9.17) is 4.74 Å². The maximum atomic E-state index is 5.31. The second kappa shape index (κ2) is 4.53. The second-order valence-corrected chi connectivity index (χ2v) is 4.91. The zero-order valence-electron chi connectivity index (χ0n) is 10.4. The van der Waals surface area contributed by atoms with Crippen LogP contribution in [0.4, 0.5) is 0 Å². The van der Waals surface area contributed by atoms with Crippen LogP contribution < -0.4 is 4.74 Å². The summed E-state index contributed by atoms with van der Waals surface area (Å²) in [5.74, 6) is 0.973. The smallest absolute Gasteiger partial charge is 0.119 e. The van der Waals surface area contributed by atoms with Gasteiger partial charge in [-0.15, -0.1) is 0 Å². The number of rotatable bonds is 3. The highest BCUT2D eigenvalue weighted by Gasteiger charge is 2.18. The lowest BCUT2D eigenvalue weighted by atomic mass is 10.1. The Morgan fingerprint density at radius 3 is 2.88 bits per heavy atom. The zero-order chi connectivity index (χ0) is 11.7. The maximum Gasteiger partial charge on any atom is 0.119 e. The molecule has 1 aromatic rings. The fourth-order valence-electron chi connectivity index (χ4n) is 2.62. The van der Waals surface area contributed by atoms with Gasteiger partial charge in [0.2, 0.25) is 0 Å². The van der Waals surface area contributed by atoms with Gasteiger partial charge in [-0.05, 0) is 61.2 Å². The van der Waals surface area contributed by atoms with Gasteiger partial charge in [-0.1, -0.05) is 12.1 Å². The predicted octanol–water partition coefficient (Wildman–Crippen LogP) is 2.73. The van der Waals surface area contributed by atoms with Crippen molar-refractivity contribution in [2.75, 3.05) is 26.7 Å². The average molecular weight is 229 g/mol. The van der Waals surface area contributed by atoms with Crippen molar-refractivity contribution < 1.29 is 4.74 Å². The highest BCUT2D eigenvalue weighted by atomic mass is 16.5. The van der Waals surface area contributed by atoms with Gasteiger partial charge < -0.3 is 4.74 Å². The van der Waals surface area contributed by atoms with E-state index in [1.165, 1.54) is 49.1 Å². The molecule has 2 aliphatic rings. The molecule has 1 aromatic carbocycles. The van der Waals surface area contributed by atoms with Gasteiger partial charge in [0.15, 0.2) is 0 Å². The van der Waals surface area contributed by atoms with Crippen molar-refractivity contribution in [1.29, 1.82) is 0 Å². The maximum absolute atomic E-state index is 5.31. The number of aryl methyl sites for hydroxylation is 1. The molecule has 0 spiro atoms. The van der Waals surface area contributed by atoms with Crippen molar-refractivity contribution in [3.05, 3.63) is 35.4 Å². The fourth-order valence-corrected chi connectivity index (χ4v) is 2.62. The summed E-state index contributed by atoms with van der Waals surface area (Å²) < 4.78 is 5.31. The summed E-state index contributed by atoms with van der Waals surface area (Å²) in [5, 5.41) is 0. The van der Waals surface area contributed by atoms with E-state index in [1.54, 1.807) is 7.11 Å². The topological polar surface area (TPSA) is 12.5 Å². The molecule has 1 fully saturated rings. The van der Waals surface area contributed by atoms with E-state index in [9.17, 15) is 0 Å². The highest BCUT2D eigenvalue weighted by Crippen LogP contribution is 2.34. The first-order valence-corrected chi connectivity index (χ1v) is 6.45. The van der Waals surface area contributed by atoms with Gasteiger partial charge in [0, 0.05) is 6.54 Å². The summed E-state index contributed by atoms with van der Waals surface area (Å²) in [6, 6.07) is 6.46. The molecule has 0 amide bonds. The van der Waals surface area contributed by atoms with Gasteiger partial charge in [-0.3, -0.25) is 4.90 Å². The molecule has 0 unspecified atom stereocenters. The molecule has 0 N–H and O–H groups in total. The summed E-state index contributed by atoms with van der Waals surface area (Å²) in [5.41, 5.74) is 4.39. The molecule has 1 saturated heterocycles. The van der Waals surface area contributed by atoms with Crippen LogP contribution >= 0.6 is 0 Å². The van der Waals surface area contributed by atoms with Crippen LogP contribution in [0.5, 0.6) is 5.75 Å². The molecule has 0 aromatic heterocycles. The van der Waals surface area contributed by atoms with Crippen molar-refractivity contribution in [3.63, 3.8) is 0 Å². The Kier molecular flexibility index (Phi) is 2.89. The molecule has 2 nitrogen and oxygen atoms in total. The number of nitrogens with zero attached hydrogens (tertiary/aromatic N) is 1. The van der Waals surface area contributed by atoms with E-state index in [0.29, 0.717) is 0 Å². The zero-order valence-corrected chi connectivity index (χ0v) is 10.4. The third-order valence-electron chi connectivity index (χ3n) is 3.87. The molecule has 17 heavy (non-hydrogen) atoms. The molecule has 2 heteroatoms. The number of hydrogen-bond donors (Lipinski definition) is 0. The Bertz CT molecular complexity index is 446. The number of hydrogen-bond acceptors (Lipinski definition) is 2. The van der Waals surface area contributed by atoms with Crippen molar-refractivity contribution in [1.82, 2.24) is 4.90 Å². The van der Waals surface area contributed by atoms with Gasteiger partial charge in [0.1, 0.15) is 5.75 Å². The van der Waals surface area contributed by atoms with Crippen LogP contribution in [-0.2, 0) is 6.42 Å².